The fourth-order valence-electron chi connectivity index (χ4n) is 1.42. The third kappa shape index (κ3) is 1.53. The van der Waals surface area contributed by atoms with Gasteiger partial charge in [0.15, 0.2) is 0 Å². The van der Waals surface area contributed by atoms with Crippen molar-refractivity contribution in [2.45, 2.75) is 26.8 Å². The van der Waals surface area contributed by atoms with Crippen molar-refractivity contribution in [3.8, 4) is 0 Å². The molecule has 0 spiro atoms. The Labute approximate surface area is 68.7 Å². The molecule has 0 saturated carbocycles. The summed E-state index contributed by atoms with van der Waals surface area (Å²) in [6.07, 6.45) is 6.18. The Balaban J connectivity index is 2.86. The van der Waals surface area contributed by atoms with Crippen molar-refractivity contribution in [3.63, 3.8) is 0 Å². The van der Waals surface area contributed by atoms with Gasteiger partial charge in [-0.05, 0) is 32.9 Å². The van der Waals surface area contributed by atoms with E-state index in [9.17, 15) is 0 Å². The van der Waals surface area contributed by atoms with Gasteiger partial charge in [-0.1, -0.05) is 12.7 Å². The molecule has 0 aromatic heterocycles. The average Bonchev–Trinajstić information content (AvgIpc) is 1.85. The maximum atomic E-state index is 3.97. The van der Waals surface area contributed by atoms with E-state index in [-0.39, 0.29) is 0 Å². The Hall–Kier alpha value is -0.980. The minimum Gasteiger partial charge on any atom is -0.343 e. The van der Waals surface area contributed by atoms with Gasteiger partial charge in [-0.15, -0.1) is 0 Å². The molecule has 0 aromatic carbocycles. The Morgan fingerprint density at radius 1 is 1.45 bits per heavy atom. The molecule has 1 aliphatic rings. The van der Waals surface area contributed by atoms with E-state index < -0.39 is 0 Å². The van der Waals surface area contributed by atoms with Crippen molar-refractivity contribution in [1.82, 2.24) is 4.90 Å². The zero-order chi connectivity index (χ0) is 8.43. The van der Waals surface area contributed by atoms with Gasteiger partial charge in [-0.2, -0.15) is 0 Å². The monoisotopic (exact) mass is 149 g/mol. The van der Waals surface area contributed by atoms with E-state index >= 15 is 0 Å². The molecule has 0 unspecified atom stereocenters. The predicted molar refractivity (Wildman–Crippen MR) is 49.0 cm³/mol. The Bertz CT molecular complexity index is 221. The maximum Gasteiger partial charge on any atom is 0.0337 e. The van der Waals surface area contributed by atoms with Crippen LogP contribution in [-0.4, -0.2) is 10.9 Å². The van der Waals surface area contributed by atoms with Gasteiger partial charge >= 0.3 is 0 Å². The minimum atomic E-state index is 0.503. The van der Waals surface area contributed by atoms with Crippen molar-refractivity contribution < 1.29 is 0 Å². The fourth-order valence-corrected chi connectivity index (χ4v) is 1.42. The van der Waals surface area contributed by atoms with Crippen LogP contribution in [0.2, 0.25) is 0 Å². The van der Waals surface area contributed by atoms with E-state index in [0.717, 1.165) is 5.70 Å². The molecule has 0 aromatic rings. The summed E-state index contributed by atoms with van der Waals surface area (Å²) in [5.74, 6) is 0. The number of rotatable bonds is 1. The Kier molecular flexibility index (Phi) is 2.18. The molecule has 0 bridgehead atoms. The summed E-state index contributed by atoms with van der Waals surface area (Å²) in [6, 6.07) is 0.503. The van der Waals surface area contributed by atoms with Crippen molar-refractivity contribution in [2.75, 3.05) is 0 Å². The molecule has 0 N–H and O–H groups in total. The second-order valence-corrected chi connectivity index (χ2v) is 3.12. The number of allylic oxidation sites excluding steroid dienone is 4. The first-order valence-corrected chi connectivity index (χ1v) is 3.96. The van der Waals surface area contributed by atoms with Crippen LogP contribution in [0.25, 0.3) is 0 Å². The highest BCUT2D eigenvalue weighted by atomic mass is 15.2. The van der Waals surface area contributed by atoms with Crippen molar-refractivity contribution in [1.29, 1.82) is 0 Å². The third-order valence-electron chi connectivity index (χ3n) is 1.83. The van der Waals surface area contributed by atoms with E-state index in [1.807, 2.05) is 12.2 Å². The lowest BCUT2D eigenvalue weighted by molar-refractivity contribution is 0.363. The number of nitrogens with zero attached hydrogens (tertiary/aromatic N) is 1. The summed E-state index contributed by atoms with van der Waals surface area (Å²) in [4.78, 5) is 2.22. The molecule has 1 heteroatoms. The van der Waals surface area contributed by atoms with Crippen LogP contribution in [0.5, 0.6) is 0 Å². The zero-order valence-corrected chi connectivity index (χ0v) is 7.46. The van der Waals surface area contributed by atoms with E-state index in [2.05, 4.69) is 38.3 Å². The maximum absolute atomic E-state index is 3.97. The van der Waals surface area contributed by atoms with E-state index in [0.29, 0.717) is 6.04 Å². The number of hydrogen-bond donors (Lipinski definition) is 0. The first-order chi connectivity index (χ1) is 5.13. The highest BCUT2D eigenvalue weighted by Gasteiger charge is 2.12. The molecule has 1 nitrogen and oxygen atoms in total. The first kappa shape index (κ1) is 8.12. The Morgan fingerprint density at radius 3 is 2.45 bits per heavy atom. The van der Waals surface area contributed by atoms with Gasteiger partial charge < -0.3 is 4.90 Å². The molecule has 1 aliphatic heterocycles. The zero-order valence-electron chi connectivity index (χ0n) is 7.46. The summed E-state index contributed by atoms with van der Waals surface area (Å²) >= 11 is 0. The van der Waals surface area contributed by atoms with Gasteiger partial charge in [-0.25, -0.2) is 0 Å². The SMILES string of the molecule is C=C1C=CC=C(C)N1C(C)C. The molecule has 0 aliphatic carbocycles. The normalized spacial score (nSPS) is 17.6. The van der Waals surface area contributed by atoms with E-state index in [1.165, 1.54) is 5.70 Å². The predicted octanol–water partition coefficient (Wildman–Crippen LogP) is 2.68. The highest BCUT2D eigenvalue weighted by Crippen LogP contribution is 2.19. The molecule has 60 valence electrons. The second kappa shape index (κ2) is 2.95. The van der Waals surface area contributed by atoms with Gasteiger partial charge in [0.05, 0.1) is 0 Å². The van der Waals surface area contributed by atoms with Crippen molar-refractivity contribution in [2.24, 2.45) is 0 Å². The van der Waals surface area contributed by atoms with E-state index in [1.54, 1.807) is 0 Å². The van der Waals surface area contributed by atoms with Gasteiger partial charge in [0.2, 0.25) is 0 Å². The lowest BCUT2D eigenvalue weighted by Crippen LogP contribution is -2.28. The van der Waals surface area contributed by atoms with Gasteiger partial charge in [0.25, 0.3) is 0 Å². The van der Waals surface area contributed by atoms with Crippen molar-refractivity contribution in [3.05, 3.63) is 36.2 Å². The Morgan fingerprint density at radius 2 is 2.09 bits per heavy atom. The van der Waals surface area contributed by atoms with Crippen LogP contribution >= 0.6 is 0 Å². The topological polar surface area (TPSA) is 3.24 Å². The largest absolute Gasteiger partial charge is 0.343 e. The first-order valence-electron chi connectivity index (χ1n) is 3.96. The standard InChI is InChI=1S/C10H15N/c1-8(2)11-9(3)6-5-7-10(11)4/h5-8H,3H2,1-2,4H3. The fraction of sp³-hybridized carbons (Fsp3) is 0.400. The lowest BCUT2D eigenvalue weighted by Gasteiger charge is -2.31. The molecular weight excluding hydrogens is 134 g/mol. The molecule has 11 heavy (non-hydrogen) atoms. The molecule has 0 amide bonds. The van der Waals surface area contributed by atoms with Crippen LogP contribution in [-0.2, 0) is 0 Å². The minimum absolute atomic E-state index is 0.503. The van der Waals surface area contributed by atoms with Crippen LogP contribution in [0, 0.1) is 0 Å². The van der Waals surface area contributed by atoms with Crippen LogP contribution in [0.1, 0.15) is 20.8 Å². The smallest absolute Gasteiger partial charge is 0.0337 e. The summed E-state index contributed by atoms with van der Waals surface area (Å²) in [6.45, 7) is 10.4. The van der Waals surface area contributed by atoms with Crippen LogP contribution in [0.4, 0.5) is 0 Å². The molecule has 0 fully saturated rings. The summed E-state index contributed by atoms with van der Waals surface area (Å²) in [7, 11) is 0. The van der Waals surface area contributed by atoms with E-state index in [4.69, 9.17) is 0 Å². The number of hydrogen-bond acceptors (Lipinski definition) is 1. The molecule has 1 rings (SSSR count). The molecular formula is C10H15N. The molecule has 0 saturated heterocycles. The molecule has 1 heterocycles. The van der Waals surface area contributed by atoms with Crippen LogP contribution in [0.3, 0.4) is 0 Å². The molecule has 0 radical (unpaired) electrons. The van der Waals surface area contributed by atoms with Crippen molar-refractivity contribution >= 4 is 0 Å². The highest BCUT2D eigenvalue weighted by molar-refractivity contribution is 5.30. The van der Waals surface area contributed by atoms with Crippen LogP contribution in [0.15, 0.2) is 36.2 Å². The van der Waals surface area contributed by atoms with Crippen LogP contribution < -0.4 is 0 Å². The van der Waals surface area contributed by atoms with Gasteiger partial charge in [0, 0.05) is 17.4 Å². The summed E-state index contributed by atoms with van der Waals surface area (Å²) in [5, 5.41) is 0. The molecule has 0 atom stereocenters. The second-order valence-electron chi connectivity index (χ2n) is 3.12. The van der Waals surface area contributed by atoms with Gasteiger partial charge in [0.1, 0.15) is 0 Å². The summed E-state index contributed by atoms with van der Waals surface area (Å²) < 4.78 is 0. The quantitative estimate of drug-likeness (QED) is 0.554. The summed E-state index contributed by atoms with van der Waals surface area (Å²) in [5.41, 5.74) is 2.35. The average molecular weight is 149 g/mol. The third-order valence-corrected chi connectivity index (χ3v) is 1.83. The van der Waals surface area contributed by atoms with Gasteiger partial charge in [-0.3, -0.25) is 0 Å². The lowest BCUT2D eigenvalue weighted by atomic mass is 10.2.